The molecule has 5 nitrogen and oxygen atoms in total. The quantitative estimate of drug-likeness (QED) is 0.787. The molecular weight excluding hydrogens is 317 g/mol. The van der Waals surface area contributed by atoms with E-state index in [9.17, 15) is 12.8 Å². The molecule has 0 aromatic heterocycles. The molecule has 1 atom stereocenters. The Hall–Kier alpha value is -1.49. The van der Waals surface area contributed by atoms with Gasteiger partial charge in [-0.1, -0.05) is 12.1 Å². The van der Waals surface area contributed by atoms with Crippen molar-refractivity contribution >= 4 is 10.0 Å². The van der Waals surface area contributed by atoms with Gasteiger partial charge in [-0.15, -0.1) is 0 Å². The molecule has 0 heterocycles. The zero-order valence-electron chi connectivity index (χ0n) is 13.4. The van der Waals surface area contributed by atoms with Gasteiger partial charge in [-0.2, -0.15) is 5.26 Å². The van der Waals surface area contributed by atoms with Crippen molar-refractivity contribution in [3.8, 4) is 6.07 Å². The Labute approximate surface area is 137 Å². The van der Waals surface area contributed by atoms with Crippen molar-refractivity contribution in [2.75, 3.05) is 26.4 Å². The van der Waals surface area contributed by atoms with E-state index in [1.165, 1.54) is 12.1 Å². The summed E-state index contributed by atoms with van der Waals surface area (Å²) in [6, 6.07) is 7.97. The van der Waals surface area contributed by atoms with Crippen molar-refractivity contribution in [3.63, 3.8) is 0 Å². The highest BCUT2D eigenvalue weighted by atomic mass is 32.2. The summed E-state index contributed by atoms with van der Waals surface area (Å²) < 4.78 is 40.6. The maximum atomic E-state index is 13.4. The molecule has 0 saturated heterocycles. The average molecular weight is 339 g/mol. The van der Waals surface area contributed by atoms with Crippen LogP contribution in [0, 0.1) is 22.6 Å². The van der Waals surface area contributed by atoms with E-state index in [2.05, 4.69) is 10.8 Å². The van der Waals surface area contributed by atoms with Gasteiger partial charge in [0.05, 0.1) is 11.8 Å². The highest BCUT2D eigenvalue weighted by Crippen LogP contribution is 2.49. The first kappa shape index (κ1) is 17.9. The summed E-state index contributed by atoms with van der Waals surface area (Å²) in [6.45, 7) is 0.168. The normalized spacial score (nSPS) is 17.7. The number of likely N-dealkylation sites (N-methyl/N-ethyl adjacent to an activating group) is 1. The Morgan fingerprint density at radius 3 is 2.65 bits per heavy atom. The predicted molar refractivity (Wildman–Crippen MR) is 86.5 cm³/mol. The molecule has 1 aromatic rings. The lowest BCUT2D eigenvalue weighted by Crippen LogP contribution is -2.37. The van der Waals surface area contributed by atoms with E-state index in [0.717, 1.165) is 18.4 Å². The van der Waals surface area contributed by atoms with Crippen LogP contribution in [0.1, 0.15) is 30.9 Å². The molecular formula is C16H22FN3O2S. The predicted octanol–water partition coefficient (Wildman–Crippen LogP) is 2.04. The van der Waals surface area contributed by atoms with Gasteiger partial charge in [0.15, 0.2) is 0 Å². The highest BCUT2D eigenvalue weighted by Gasteiger charge is 2.46. The van der Waals surface area contributed by atoms with Crippen LogP contribution in [0.25, 0.3) is 0 Å². The third-order valence-electron chi connectivity index (χ3n) is 4.26. The summed E-state index contributed by atoms with van der Waals surface area (Å²) in [5.41, 5.74) is 0.350. The highest BCUT2D eigenvalue weighted by molar-refractivity contribution is 7.89. The summed E-state index contributed by atoms with van der Waals surface area (Å²) in [6.07, 6.45) is 1.83. The van der Waals surface area contributed by atoms with E-state index in [-0.39, 0.29) is 36.0 Å². The fraction of sp³-hybridized carbons (Fsp3) is 0.562. The molecule has 23 heavy (non-hydrogen) atoms. The monoisotopic (exact) mass is 339 g/mol. The van der Waals surface area contributed by atoms with Crippen LogP contribution in [0.5, 0.6) is 0 Å². The van der Waals surface area contributed by atoms with Crippen molar-refractivity contribution in [2.45, 2.75) is 25.3 Å². The summed E-state index contributed by atoms with van der Waals surface area (Å²) in [4.78, 5) is 1.85. The fourth-order valence-electron chi connectivity index (χ4n) is 2.69. The zero-order valence-corrected chi connectivity index (χ0v) is 14.2. The van der Waals surface area contributed by atoms with Crippen LogP contribution in [0.3, 0.4) is 0 Å². The SMILES string of the molecule is CN(C)[C@@H](CNS(=O)(=O)CC1(CC#N)CC1)c1cccc(F)c1. The van der Waals surface area contributed by atoms with Crippen LogP contribution < -0.4 is 4.72 Å². The summed E-state index contributed by atoms with van der Waals surface area (Å²) in [5.74, 6) is -0.361. The topological polar surface area (TPSA) is 73.2 Å². The van der Waals surface area contributed by atoms with E-state index in [4.69, 9.17) is 5.26 Å². The average Bonchev–Trinajstić information content (AvgIpc) is 3.17. The Morgan fingerprint density at radius 2 is 2.13 bits per heavy atom. The molecule has 0 radical (unpaired) electrons. The third-order valence-corrected chi connectivity index (χ3v) is 5.86. The van der Waals surface area contributed by atoms with Gasteiger partial charge in [-0.3, -0.25) is 0 Å². The van der Waals surface area contributed by atoms with Crippen LogP contribution in [-0.4, -0.2) is 39.7 Å². The Kier molecular flexibility index (Phi) is 5.40. The maximum absolute atomic E-state index is 13.4. The van der Waals surface area contributed by atoms with Gasteiger partial charge in [0.25, 0.3) is 0 Å². The van der Waals surface area contributed by atoms with E-state index < -0.39 is 10.0 Å². The third kappa shape index (κ3) is 4.99. The van der Waals surface area contributed by atoms with Crippen molar-refractivity contribution in [2.24, 2.45) is 5.41 Å². The number of hydrogen-bond donors (Lipinski definition) is 1. The molecule has 1 fully saturated rings. The molecule has 126 valence electrons. The number of nitrogens with zero attached hydrogens (tertiary/aromatic N) is 2. The lowest BCUT2D eigenvalue weighted by atomic mass is 10.1. The van der Waals surface area contributed by atoms with Gasteiger partial charge >= 0.3 is 0 Å². The minimum atomic E-state index is -3.47. The molecule has 1 N–H and O–H groups in total. The van der Waals surface area contributed by atoms with Crippen LogP contribution in [0.4, 0.5) is 4.39 Å². The van der Waals surface area contributed by atoms with E-state index in [1.807, 2.05) is 19.0 Å². The lowest BCUT2D eigenvalue weighted by molar-refractivity contribution is 0.298. The Morgan fingerprint density at radius 1 is 1.43 bits per heavy atom. The minimum Gasteiger partial charge on any atom is -0.301 e. The largest absolute Gasteiger partial charge is 0.301 e. The van der Waals surface area contributed by atoms with Crippen LogP contribution >= 0.6 is 0 Å². The molecule has 1 aromatic carbocycles. The molecule has 0 bridgehead atoms. The maximum Gasteiger partial charge on any atom is 0.212 e. The summed E-state index contributed by atoms with van der Waals surface area (Å²) >= 11 is 0. The molecule has 0 aliphatic heterocycles. The van der Waals surface area contributed by atoms with Crippen molar-refractivity contribution in [3.05, 3.63) is 35.6 Å². The summed E-state index contributed by atoms with van der Waals surface area (Å²) in [7, 11) is 0.176. The number of rotatable bonds is 8. The second kappa shape index (κ2) is 6.95. The molecule has 0 unspecified atom stereocenters. The fourth-order valence-corrected chi connectivity index (χ4v) is 4.40. The summed E-state index contributed by atoms with van der Waals surface area (Å²) in [5, 5.41) is 8.80. The molecule has 7 heteroatoms. The lowest BCUT2D eigenvalue weighted by Gasteiger charge is -2.25. The first-order valence-electron chi connectivity index (χ1n) is 7.53. The van der Waals surface area contributed by atoms with Gasteiger partial charge in [-0.25, -0.2) is 17.5 Å². The second-order valence-electron chi connectivity index (χ2n) is 6.48. The standard InChI is InChI=1S/C16H22FN3O2S/c1-20(2)15(13-4-3-5-14(17)10-13)11-19-23(21,22)12-16(6-7-16)8-9-18/h3-5,10,15,19H,6-8,11-12H2,1-2H3/t15-/m0/s1. The van der Waals surface area contributed by atoms with Crippen molar-refractivity contribution in [1.29, 1.82) is 5.26 Å². The minimum absolute atomic E-state index is 0.0170. The number of hydrogen-bond acceptors (Lipinski definition) is 4. The number of sulfonamides is 1. The smallest absolute Gasteiger partial charge is 0.212 e. The Bertz CT molecular complexity index is 694. The first-order valence-corrected chi connectivity index (χ1v) is 9.18. The van der Waals surface area contributed by atoms with Crippen LogP contribution in [-0.2, 0) is 10.0 Å². The first-order chi connectivity index (χ1) is 10.8. The number of benzene rings is 1. The number of nitrogens with one attached hydrogen (secondary N) is 1. The van der Waals surface area contributed by atoms with E-state index >= 15 is 0 Å². The van der Waals surface area contributed by atoms with E-state index in [0.29, 0.717) is 0 Å². The number of nitriles is 1. The van der Waals surface area contributed by atoms with Gasteiger partial charge in [0.2, 0.25) is 10.0 Å². The second-order valence-corrected chi connectivity index (χ2v) is 8.28. The van der Waals surface area contributed by atoms with Crippen LogP contribution in [0.15, 0.2) is 24.3 Å². The van der Waals surface area contributed by atoms with Crippen molar-refractivity contribution < 1.29 is 12.8 Å². The van der Waals surface area contributed by atoms with Gasteiger partial charge in [0.1, 0.15) is 5.82 Å². The molecule has 1 aliphatic rings. The zero-order chi connectivity index (χ0) is 17.1. The molecule has 1 saturated carbocycles. The molecule has 0 amide bonds. The Balaban J connectivity index is 2.03. The van der Waals surface area contributed by atoms with E-state index in [1.54, 1.807) is 12.1 Å². The molecule has 2 rings (SSSR count). The van der Waals surface area contributed by atoms with Gasteiger partial charge < -0.3 is 4.90 Å². The van der Waals surface area contributed by atoms with Crippen molar-refractivity contribution in [1.82, 2.24) is 9.62 Å². The van der Waals surface area contributed by atoms with Crippen LogP contribution in [0.2, 0.25) is 0 Å². The molecule has 1 aliphatic carbocycles. The van der Waals surface area contributed by atoms with Gasteiger partial charge in [0, 0.05) is 19.0 Å². The van der Waals surface area contributed by atoms with Gasteiger partial charge in [-0.05, 0) is 50.0 Å². The molecule has 0 spiro atoms. The number of halogens is 1.